The zero-order chi connectivity index (χ0) is 13.0. The molecule has 0 aliphatic heterocycles. The quantitative estimate of drug-likeness (QED) is 0.511. The molecule has 0 aliphatic rings. The largest absolute Gasteiger partial charge is 0.466 e. The molecular formula is C10H11F2IN2O2. The lowest BCUT2D eigenvalue weighted by Gasteiger charge is -2.10. The van der Waals surface area contributed by atoms with E-state index >= 15 is 0 Å². The number of hydrogen-bond acceptors (Lipinski definition) is 4. The first-order chi connectivity index (χ1) is 7.95. The summed E-state index contributed by atoms with van der Waals surface area (Å²) in [6, 6.07) is 1.15. The van der Waals surface area contributed by atoms with Crippen LogP contribution < -0.4 is 5.73 Å². The third kappa shape index (κ3) is 3.76. The first kappa shape index (κ1) is 14.1. The molecule has 0 spiro atoms. The summed E-state index contributed by atoms with van der Waals surface area (Å²) < 4.78 is 30.5. The van der Waals surface area contributed by atoms with Crippen LogP contribution in [0.1, 0.15) is 24.6 Å². The molecule has 2 N–H and O–H groups in total. The van der Waals surface area contributed by atoms with Gasteiger partial charge in [-0.15, -0.1) is 0 Å². The smallest absolute Gasteiger partial charge is 0.311 e. The van der Waals surface area contributed by atoms with Gasteiger partial charge in [0.15, 0.2) is 0 Å². The standard InChI is InChI=1S/C10H11F2IN2O2/c1-2-17-8(16)4-7-5(9(11)12)3-6(14)10(13)15-7/h3,9H,2,4,14H2,1H3. The highest BCUT2D eigenvalue weighted by atomic mass is 127. The molecule has 7 heteroatoms. The molecule has 0 atom stereocenters. The normalized spacial score (nSPS) is 10.6. The number of carbonyl (C=O) groups is 1. The van der Waals surface area contributed by atoms with Crippen LogP contribution in [0.3, 0.4) is 0 Å². The fourth-order valence-electron chi connectivity index (χ4n) is 1.24. The molecule has 4 nitrogen and oxygen atoms in total. The topological polar surface area (TPSA) is 65.2 Å². The van der Waals surface area contributed by atoms with Crippen molar-refractivity contribution in [2.75, 3.05) is 12.3 Å². The zero-order valence-corrected chi connectivity index (χ0v) is 11.2. The second kappa shape index (κ2) is 6.08. The van der Waals surface area contributed by atoms with Crippen LogP contribution in [-0.2, 0) is 16.0 Å². The van der Waals surface area contributed by atoms with Crippen molar-refractivity contribution in [1.29, 1.82) is 0 Å². The van der Waals surface area contributed by atoms with Crippen LogP contribution in [0.15, 0.2) is 6.07 Å². The van der Waals surface area contributed by atoms with Gasteiger partial charge in [0, 0.05) is 5.56 Å². The van der Waals surface area contributed by atoms with Gasteiger partial charge in [0.1, 0.15) is 3.70 Å². The second-order valence-corrected chi connectivity index (χ2v) is 4.21. The zero-order valence-electron chi connectivity index (χ0n) is 9.04. The molecule has 0 saturated heterocycles. The molecule has 0 radical (unpaired) electrons. The van der Waals surface area contributed by atoms with Gasteiger partial charge in [0.05, 0.1) is 24.4 Å². The fourth-order valence-corrected chi connectivity index (χ4v) is 1.68. The Balaban J connectivity index is 3.04. The van der Waals surface area contributed by atoms with E-state index in [9.17, 15) is 13.6 Å². The third-order valence-electron chi connectivity index (χ3n) is 1.97. The van der Waals surface area contributed by atoms with E-state index < -0.39 is 12.4 Å². The SMILES string of the molecule is CCOC(=O)Cc1nc(I)c(N)cc1C(F)F. The van der Waals surface area contributed by atoms with Gasteiger partial charge in [-0.2, -0.15) is 0 Å². The Morgan fingerprint density at radius 3 is 2.82 bits per heavy atom. The summed E-state index contributed by atoms with van der Waals surface area (Å²) >= 11 is 1.83. The van der Waals surface area contributed by atoms with Gasteiger partial charge in [0.25, 0.3) is 6.43 Å². The maximum absolute atomic E-state index is 12.7. The Morgan fingerprint density at radius 2 is 2.29 bits per heavy atom. The molecule has 1 heterocycles. The highest BCUT2D eigenvalue weighted by Crippen LogP contribution is 2.26. The predicted octanol–water partition coefficient (Wildman–Crippen LogP) is 2.31. The van der Waals surface area contributed by atoms with Crippen molar-refractivity contribution in [3.05, 3.63) is 21.0 Å². The van der Waals surface area contributed by atoms with Crippen LogP contribution in [0.2, 0.25) is 0 Å². The van der Waals surface area contributed by atoms with Crippen LogP contribution in [0, 0.1) is 3.70 Å². The van der Waals surface area contributed by atoms with Crippen molar-refractivity contribution in [3.63, 3.8) is 0 Å². The molecule has 0 fully saturated rings. The van der Waals surface area contributed by atoms with Gasteiger partial charge in [0.2, 0.25) is 0 Å². The molecule has 0 aromatic carbocycles. The molecule has 0 aliphatic carbocycles. The summed E-state index contributed by atoms with van der Waals surface area (Å²) in [5, 5.41) is 0. The number of pyridine rings is 1. The number of halogens is 3. The van der Waals surface area contributed by atoms with Gasteiger partial charge in [-0.3, -0.25) is 4.79 Å². The van der Waals surface area contributed by atoms with E-state index in [0.717, 1.165) is 6.07 Å². The predicted molar refractivity (Wildman–Crippen MR) is 66.7 cm³/mol. The summed E-state index contributed by atoms with van der Waals surface area (Å²) in [6.45, 7) is 1.85. The van der Waals surface area contributed by atoms with E-state index in [1.165, 1.54) is 0 Å². The van der Waals surface area contributed by atoms with E-state index in [2.05, 4.69) is 4.98 Å². The average molecular weight is 356 g/mol. The van der Waals surface area contributed by atoms with Crippen molar-refractivity contribution >= 4 is 34.2 Å². The second-order valence-electron chi connectivity index (χ2n) is 3.19. The lowest BCUT2D eigenvalue weighted by atomic mass is 10.1. The highest BCUT2D eigenvalue weighted by molar-refractivity contribution is 14.1. The van der Waals surface area contributed by atoms with Crippen molar-refractivity contribution in [1.82, 2.24) is 4.98 Å². The molecule has 1 rings (SSSR count). The number of rotatable bonds is 4. The number of nitrogen functional groups attached to an aromatic ring is 1. The van der Waals surface area contributed by atoms with E-state index in [1.54, 1.807) is 6.92 Å². The molecule has 0 amide bonds. The van der Waals surface area contributed by atoms with Crippen LogP contribution in [0.4, 0.5) is 14.5 Å². The number of esters is 1. The summed E-state index contributed by atoms with van der Waals surface area (Å²) in [7, 11) is 0. The van der Waals surface area contributed by atoms with E-state index in [1.807, 2.05) is 22.6 Å². The lowest BCUT2D eigenvalue weighted by molar-refractivity contribution is -0.142. The molecule has 0 saturated carbocycles. The number of alkyl halides is 2. The van der Waals surface area contributed by atoms with Crippen molar-refractivity contribution in [2.24, 2.45) is 0 Å². The third-order valence-corrected chi connectivity index (χ3v) is 2.83. The Morgan fingerprint density at radius 1 is 1.65 bits per heavy atom. The molecule has 0 bridgehead atoms. The number of nitrogens with two attached hydrogens (primary N) is 1. The number of nitrogens with zero attached hydrogens (tertiary/aromatic N) is 1. The number of ether oxygens (including phenoxy) is 1. The molecule has 0 unspecified atom stereocenters. The number of hydrogen-bond donors (Lipinski definition) is 1. The van der Waals surface area contributed by atoms with Crippen LogP contribution in [-0.4, -0.2) is 17.6 Å². The Hall–Kier alpha value is -0.990. The Kier molecular flexibility index (Phi) is 5.03. The lowest BCUT2D eigenvalue weighted by Crippen LogP contribution is -2.12. The highest BCUT2D eigenvalue weighted by Gasteiger charge is 2.19. The molecule has 94 valence electrons. The number of carbonyl (C=O) groups excluding carboxylic acids is 1. The average Bonchev–Trinajstić information content (AvgIpc) is 2.23. The van der Waals surface area contributed by atoms with Crippen LogP contribution >= 0.6 is 22.6 Å². The molecule has 1 aromatic rings. The minimum atomic E-state index is -2.72. The maximum Gasteiger partial charge on any atom is 0.311 e. The Bertz CT molecular complexity index is 427. The van der Waals surface area contributed by atoms with Gasteiger partial charge in [-0.05, 0) is 35.6 Å². The molecule has 17 heavy (non-hydrogen) atoms. The van der Waals surface area contributed by atoms with E-state index in [-0.39, 0.29) is 30.0 Å². The van der Waals surface area contributed by atoms with Crippen molar-refractivity contribution < 1.29 is 18.3 Å². The first-order valence-corrected chi connectivity index (χ1v) is 5.92. The fraction of sp³-hybridized carbons (Fsp3) is 0.400. The Labute approximate surface area is 111 Å². The first-order valence-electron chi connectivity index (χ1n) is 4.84. The van der Waals surface area contributed by atoms with Crippen molar-refractivity contribution in [2.45, 2.75) is 19.8 Å². The monoisotopic (exact) mass is 356 g/mol. The minimum absolute atomic E-state index is 0.0112. The summed E-state index contributed by atoms with van der Waals surface area (Å²) in [5.41, 5.74) is 5.36. The van der Waals surface area contributed by atoms with Crippen molar-refractivity contribution in [3.8, 4) is 0 Å². The number of aromatic nitrogens is 1. The van der Waals surface area contributed by atoms with Gasteiger partial charge in [-0.1, -0.05) is 0 Å². The van der Waals surface area contributed by atoms with Gasteiger partial charge < -0.3 is 10.5 Å². The van der Waals surface area contributed by atoms with Crippen LogP contribution in [0.5, 0.6) is 0 Å². The minimum Gasteiger partial charge on any atom is -0.466 e. The van der Waals surface area contributed by atoms with Gasteiger partial charge >= 0.3 is 5.97 Å². The summed E-state index contributed by atoms with van der Waals surface area (Å²) in [5.74, 6) is -0.581. The molecule has 1 aromatic heterocycles. The summed E-state index contributed by atoms with van der Waals surface area (Å²) in [4.78, 5) is 15.1. The van der Waals surface area contributed by atoms with E-state index in [0.29, 0.717) is 3.70 Å². The van der Waals surface area contributed by atoms with Gasteiger partial charge in [-0.25, -0.2) is 13.8 Å². The van der Waals surface area contributed by atoms with Crippen LogP contribution in [0.25, 0.3) is 0 Å². The summed E-state index contributed by atoms with van der Waals surface area (Å²) in [6.07, 6.45) is -2.99. The van der Waals surface area contributed by atoms with E-state index in [4.69, 9.17) is 10.5 Å². The number of anilines is 1. The molecular weight excluding hydrogens is 345 g/mol. The maximum atomic E-state index is 12.7.